The van der Waals surface area contributed by atoms with Crippen molar-refractivity contribution < 1.29 is 17.9 Å². The number of fused-ring (bicyclic) bond motifs is 2. The minimum Gasteiger partial charge on any atom is -0.497 e. The number of rotatable bonds is 6. The molecule has 0 aromatic heterocycles. The number of carbonyl (C=O) groups is 1. The number of sulfonamides is 1. The smallest absolute Gasteiger partial charge is 0.243 e. The zero-order valence-corrected chi connectivity index (χ0v) is 19.0. The molecule has 4 rings (SSSR count). The van der Waals surface area contributed by atoms with Crippen LogP contribution in [0.1, 0.15) is 39.5 Å². The highest BCUT2D eigenvalue weighted by molar-refractivity contribution is 7.89. The molecule has 3 saturated heterocycles. The first-order chi connectivity index (χ1) is 14.3. The summed E-state index contributed by atoms with van der Waals surface area (Å²) in [5.74, 6) is 1.09. The minimum atomic E-state index is -3.55. The molecule has 1 aromatic rings. The van der Waals surface area contributed by atoms with Crippen molar-refractivity contribution in [1.82, 2.24) is 14.5 Å². The standard InChI is InChI=1S/C22H33N3O4S/c1-4-5-16(2)24-14-19-20(15-24)22(23-21(19)26)10-12-25(13-11-22)30(27,28)18-8-6-17(29-3)7-9-18/h6-9,16,19-20H,4-5,10-15H2,1-3H3,(H,23,26)/t16?,19-,20+/m1/s1. The summed E-state index contributed by atoms with van der Waals surface area (Å²) >= 11 is 0. The van der Waals surface area contributed by atoms with Gasteiger partial charge in [0.25, 0.3) is 0 Å². The lowest BCUT2D eigenvalue weighted by atomic mass is 9.76. The number of ether oxygens (including phenoxy) is 1. The Morgan fingerprint density at radius 3 is 2.47 bits per heavy atom. The Morgan fingerprint density at radius 2 is 1.87 bits per heavy atom. The van der Waals surface area contributed by atoms with Crippen molar-refractivity contribution in [3.63, 3.8) is 0 Å². The summed E-state index contributed by atoms with van der Waals surface area (Å²) in [7, 11) is -1.99. The lowest BCUT2D eigenvalue weighted by molar-refractivity contribution is -0.123. The average Bonchev–Trinajstić information content (AvgIpc) is 3.29. The highest BCUT2D eigenvalue weighted by Crippen LogP contribution is 2.45. The minimum absolute atomic E-state index is 0.0362. The summed E-state index contributed by atoms with van der Waals surface area (Å²) in [4.78, 5) is 15.5. The first kappa shape index (κ1) is 21.6. The molecule has 3 fully saturated rings. The average molecular weight is 436 g/mol. The van der Waals surface area contributed by atoms with Gasteiger partial charge in [-0.3, -0.25) is 9.69 Å². The molecule has 3 heterocycles. The van der Waals surface area contributed by atoms with Gasteiger partial charge in [-0.25, -0.2) is 8.42 Å². The van der Waals surface area contributed by atoms with E-state index >= 15 is 0 Å². The maximum atomic E-state index is 13.1. The first-order valence-corrected chi connectivity index (χ1v) is 12.4. The summed E-state index contributed by atoms with van der Waals surface area (Å²) in [6, 6.07) is 7.02. The third-order valence-corrected chi connectivity index (χ3v) is 9.32. The van der Waals surface area contributed by atoms with Gasteiger partial charge in [-0.1, -0.05) is 13.3 Å². The lowest BCUT2D eigenvalue weighted by Gasteiger charge is -2.42. The number of hydrogen-bond acceptors (Lipinski definition) is 5. The Hall–Kier alpha value is -1.64. The molecule has 1 aromatic carbocycles. The van der Waals surface area contributed by atoms with Crippen LogP contribution in [0.3, 0.4) is 0 Å². The van der Waals surface area contributed by atoms with E-state index in [1.807, 2.05) is 0 Å². The predicted molar refractivity (Wildman–Crippen MR) is 115 cm³/mol. The summed E-state index contributed by atoms with van der Waals surface area (Å²) in [5.41, 5.74) is -0.269. The van der Waals surface area contributed by atoms with E-state index in [9.17, 15) is 13.2 Å². The van der Waals surface area contributed by atoms with Crippen LogP contribution in [-0.4, -0.2) is 68.4 Å². The van der Waals surface area contributed by atoms with Crippen molar-refractivity contribution in [3.8, 4) is 5.75 Å². The Kier molecular flexibility index (Phi) is 5.85. The van der Waals surface area contributed by atoms with Gasteiger partial charge in [0.15, 0.2) is 0 Å². The number of nitrogens with one attached hydrogen (secondary N) is 1. The Bertz CT molecular complexity index is 878. The molecule has 0 radical (unpaired) electrons. The molecule has 3 aliphatic heterocycles. The van der Waals surface area contributed by atoms with Crippen LogP contribution in [0.25, 0.3) is 0 Å². The highest BCUT2D eigenvalue weighted by Gasteiger charge is 2.58. The van der Waals surface area contributed by atoms with Crippen LogP contribution in [0, 0.1) is 11.8 Å². The molecule has 1 N–H and O–H groups in total. The quantitative estimate of drug-likeness (QED) is 0.740. The van der Waals surface area contributed by atoms with Gasteiger partial charge in [0, 0.05) is 43.7 Å². The normalized spacial score (nSPS) is 27.8. The third kappa shape index (κ3) is 3.63. The number of carbonyl (C=O) groups excluding carboxylic acids is 1. The summed E-state index contributed by atoms with van der Waals surface area (Å²) in [6.45, 7) is 7.06. The van der Waals surface area contributed by atoms with Crippen molar-refractivity contribution in [1.29, 1.82) is 0 Å². The molecular formula is C22H33N3O4S. The van der Waals surface area contributed by atoms with E-state index in [0.717, 1.165) is 25.9 Å². The van der Waals surface area contributed by atoms with Crippen LogP contribution in [0.2, 0.25) is 0 Å². The second-order valence-electron chi connectivity index (χ2n) is 9.03. The molecule has 1 spiro atoms. The Labute approximate surface area is 179 Å². The summed E-state index contributed by atoms with van der Waals surface area (Å²) in [5, 5.41) is 3.29. The van der Waals surface area contributed by atoms with Crippen LogP contribution in [0.4, 0.5) is 0 Å². The number of piperidine rings is 1. The van der Waals surface area contributed by atoms with Crippen LogP contribution in [0.15, 0.2) is 29.2 Å². The number of benzene rings is 1. The van der Waals surface area contributed by atoms with Gasteiger partial charge in [0.1, 0.15) is 5.75 Å². The van der Waals surface area contributed by atoms with Gasteiger partial charge in [0.2, 0.25) is 15.9 Å². The summed E-state index contributed by atoms with van der Waals surface area (Å²) in [6.07, 6.45) is 3.63. The Balaban J connectivity index is 1.46. The van der Waals surface area contributed by atoms with Crippen molar-refractivity contribution in [2.75, 3.05) is 33.3 Å². The van der Waals surface area contributed by atoms with E-state index in [2.05, 4.69) is 24.1 Å². The second-order valence-corrected chi connectivity index (χ2v) is 11.0. The zero-order chi connectivity index (χ0) is 21.5. The number of amides is 1. The molecule has 3 atom stereocenters. The number of methoxy groups -OCH3 is 1. The molecule has 0 saturated carbocycles. The van der Waals surface area contributed by atoms with Gasteiger partial charge >= 0.3 is 0 Å². The van der Waals surface area contributed by atoms with Crippen LogP contribution < -0.4 is 10.1 Å². The number of hydrogen-bond donors (Lipinski definition) is 1. The zero-order valence-electron chi connectivity index (χ0n) is 18.1. The molecule has 166 valence electrons. The van der Waals surface area contributed by atoms with E-state index in [-0.39, 0.29) is 28.2 Å². The van der Waals surface area contributed by atoms with E-state index in [0.29, 0.717) is 37.7 Å². The molecule has 8 heteroatoms. The SMILES string of the molecule is CCCC(C)N1C[C@H]2C(=O)NC3(CCN(S(=O)(=O)c4ccc(OC)cc4)CC3)[C@H]2C1. The number of likely N-dealkylation sites (tertiary alicyclic amines) is 1. The van der Waals surface area contributed by atoms with Crippen LogP contribution in [0.5, 0.6) is 5.75 Å². The van der Waals surface area contributed by atoms with Gasteiger partial charge in [0.05, 0.1) is 17.9 Å². The largest absolute Gasteiger partial charge is 0.497 e. The van der Waals surface area contributed by atoms with Crippen molar-refractivity contribution in [3.05, 3.63) is 24.3 Å². The first-order valence-electron chi connectivity index (χ1n) is 11.0. The number of nitrogens with zero attached hydrogens (tertiary/aromatic N) is 2. The van der Waals surface area contributed by atoms with E-state index in [1.165, 1.54) is 0 Å². The van der Waals surface area contributed by atoms with E-state index < -0.39 is 10.0 Å². The van der Waals surface area contributed by atoms with E-state index in [4.69, 9.17) is 4.74 Å². The van der Waals surface area contributed by atoms with Gasteiger partial charge in [-0.05, 0) is 50.5 Å². The van der Waals surface area contributed by atoms with Crippen LogP contribution >= 0.6 is 0 Å². The summed E-state index contributed by atoms with van der Waals surface area (Å²) < 4.78 is 32.9. The maximum Gasteiger partial charge on any atom is 0.243 e. The molecular weight excluding hydrogens is 402 g/mol. The second kappa shape index (κ2) is 8.13. The van der Waals surface area contributed by atoms with Crippen molar-refractivity contribution >= 4 is 15.9 Å². The van der Waals surface area contributed by atoms with Gasteiger partial charge in [-0.2, -0.15) is 4.31 Å². The third-order valence-electron chi connectivity index (χ3n) is 7.41. The van der Waals surface area contributed by atoms with Gasteiger partial charge in [-0.15, -0.1) is 0 Å². The fraction of sp³-hybridized carbons (Fsp3) is 0.682. The molecule has 0 aliphatic carbocycles. The molecule has 1 unspecified atom stereocenters. The van der Waals surface area contributed by atoms with Crippen molar-refractivity contribution in [2.45, 2.75) is 56.0 Å². The highest BCUT2D eigenvalue weighted by atomic mass is 32.2. The molecule has 0 bridgehead atoms. The molecule has 1 amide bonds. The Morgan fingerprint density at radius 1 is 1.20 bits per heavy atom. The van der Waals surface area contributed by atoms with Crippen molar-refractivity contribution in [2.24, 2.45) is 11.8 Å². The van der Waals surface area contributed by atoms with Gasteiger partial charge < -0.3 is 10.1 Å². The monoisotopic (exact) mass is 435 g/mol. The van der Waals surface area contributed by atoms with Crippen LogP contribution in [-0.2, 0) is 14.8 Å². The maximum absolute atomic E-state index is 13.1. The fourth-order valence-electron chi connectivity index (χ4n) is 5.57. The predicted octanol–water partition coefficient (Wildman–Crippen LogP) is 2.08. The van der Waals surface area contributed by atoms with E-state index in [1.54, 1.807) is 35.7 Å². The molecule has 30 heavy (non-hydrogen) atoms. The molecule has 3 aliphatic rings. The lowest BCUT2D eigenvalue weighted by Crippen LogP contribution is -2.56. The molecule has 7 nitrogen and oxygen atoms in total. The topological polar surface area (TPSA) is 79.0 Å². The fourth-order valence-corrected chi connectivity index (χ4v) is 7.01.